The number of pyridine rings is 1. The lowest BCUT2D eigenvalue weighted by Crippen LogP contribution is -2.46. The van der Waals surface area contributed by atoms with Crippen LogP contribution in [0.15, 0.2) is 22.8 Å². The third-order valence-corrected chi connectivity index (χ3v) is 6.86. The Bertz CT molecular complexity index is 904. The molecule has 5 nitrogen and oxygen atoms in total. The van der Waals surface area contributed by atoms with Crippen LogP contribution in [0, 0.1) is 3.57 Å². The highest BCUT2D eigenvalue weighted by atomic mass is 127. The van der Waals surface area contributed by atoms with Crippen molar-refractivity contribution in [3.63, 3.8) is 0 Å². The van der Waals surface area contributed by atoms with Crippen molar-refractivity contribution in [2.75, 3.05) is 13.2 Å². The van der Waals surface area contributed by atoms with E-state index in [0.29, 0.717) is 11.6 Å². The van der Waals surface area contributed by atoms with E-state index in [1.807, 2.05) is 37.8 Å². The third-order valence-electron chi connectivity index (χ3n) is 4.77. The molecule has 0 bridgehead atoms. The van der Waals surface area contributed by atoms with Gasteiger partial charge >= 0.3 is 6.09 Å². The second-order valence-electron chi connectivity index (χ2n) is 8.18. The van der Waals surface area contributed by atoms with Crippen LogP contribution in [0.5, 0.6) is 5.75 Å². The van der Waals surface area contributed by atoms with E-state index < -0.39 is 5.60 Å². The predicted octanol–water partition coefficient (Wildman–Crippen LogP) is 6.81. The maximum Gasteiger partial charge on any atom is 0.410 e. The zero-order valence-electron chi connectivity index (χ0n) is 16.8. The molecule has 1 atom stereocenters. The molecule has 1 saturated heterocycles. The number of aromatic nitrogens is 1. The summed E-state index contributed by atoms with van der Waals surface area (Å²) in [7, 11) is 0. The number of nitrogens with zero attached hydrogens (tertiary/aromatic N) is 2. The van der Waals surface area contributed by atoms with Gasteiger partial charge in [0.25, 0.3) is 0 Å². The minimum atomic E-state index is -0.491. The van der Waals surface area contributed by atoms with Crippen LogP contribution in [0.25, 0.3) is 10.9 Å². The molecule has 29 heavy (non-hydrogen) atoms. The fourth-order valence-electron chi connectivity index (χ4n) is 3.44. The molecule has 1 aliphatic heterocycles. The molecule has 0 saturated carbocycles. The number of carbonyl (C=O) groups is 1. The summed E-state index contributed by atoms with van der Waals surface area (Å²) in [5, 5.41) is 1.59. The first-order chi connectivity index (χ1) is 13.7. The Morgan fingerprint density at radius 3 is 2.86 bits per heavy atom. The lowest BCUT2D eigenvalue weighted by molar-refractivity contribution is 0.00744. The number of hydrogen-bond donors (Lipinski definition) is 0. The Balaban J connectivity index is 1.70. The molecule has 1 amide bonds. The minimum absolute atomic E-state index is 0.125. The molecule has 1 aromatic heterocycles. The zero-order valence-corrected chi connectivity index (χ0v) is 21.3. The number of piperidine rings is 1. The SMILES string of the molecule is CC(C)(C)OC(=O)N1CCCC[C@@H]1CCOc1c(Br)cnc2cc(Cl)c(I)cc12. The van der Waals surface area contributed by atoms with Crippen LogP contribution in [0.4, 0.5) is 4.79 Å². The Morgan fingerprint density at radius 2 is 2.14 bits per heavy atom. The minimum Gasteiger partial charge on any atom is -0.492 e. The second kappa shape index (κ2) is 9.56. The van der Waals surface area contributed by atoms with Gasteiger partial charge < -0.3 is 14.4 Å². The van der Waals surface area contributed by atoms with Crippen LogP contribution in [-0.4, -0.2) is 40.8 Å². The van der Waals surface area contributed by atoms with Crippen molar-refractivity contribution in [1.29, 1.82) is 0 Å². The van der Waals surface area contributed by atoms with Gasteiger partial charge in [0.1, 0.15) is 11.4 Å². The van der Waals surface area contributed by atoms with Gasteiger partial charge in [0, 0.05) is 34.2 Å². The van der Waals surface area contributed by atoms with E-state index in [-0.39, 0.29) is 12.1 Å². The van der Waals surface area contributed by atoms with Crippen molar-refractivity contribution in [3.8, 4) is 5.75 Å². The van der Waals surface area contributed by atoms with Crippen LogP contribution in [0.3, 0.4) is 0 Å². The molecule has 8 heteroatoms. The summed E-state index contributed by atoms with van der Waals surface area (Å²) in [5.74, 6) is 0.754. The van der Waals surface area contributed by atoms with E-state index in [4.69, 9.17) is 21.1 Å². The molecule has 1 aromatic carbocycles. The standard InChI is InChI=1S/C21H25BrClIN2O3/c1-21(2,3)29-20(27)26-8-5-4-6-13(26)7-9-28-19-14-10-17(24)16(23)11-18(14)25-12-15(19)22/h10-13H,4-9H2,1-3H3/t13-/m1/s1. The van der Waals surface area contributed by atoms with Crippen LogP contribution >= 0.6 is 50.1 Å². The van der Waals surface area contributed by atoms with E-state index in [1.165, 1.54) is 0 Å². The van der Waals surface area contributed by atoms with E-state index in [0.717, 1.165) is 56.9 Å². The quantitative estimate of drug-likeness (QED) is 0.365. The number of benzene rings is 1. The average Bonchev–Trinajstić information content (AvgIpc) is 2.64. The van der Waals surface area contributed by atoms with Crippen molar-refractivity contribution in [2.24, 2.45) is 0 Å². The lowest BCUT2D eigenvalue weighted by Gasteiger charge is -2.36. The molecular weight excluding hydrogens is 571 g/mol. The summed E-state index contributed by atoms with van der Waals surface area (Å²) in [6.07, 6.45) is 5.34. The van der Waals surface area contributed by atoms with Gasteiger partial charge in [0.15, 0.2) is 0 Å². The molecule has 3 rings (SSSR count). The summed E-state index contributed by atoms with van der Waals surface area (Å²) in [6.45, 7) is 6.92. The fourth-order valence-corrected chi connectivity index (χ4v) is 4.50. The van der Waals surface area contributed by atoms with Crippen LogP contribution in [0.2, 0.25) is 5.02 Å². The monoisotopic (exact) mass is 594 g/mol. The summed E-state index contributed by atoms with van der Waals surface area (Å²) in [6, 6.07) is 3.96. The van der Waals surface area contributed by atoms with Gasteiger partial charge in [-0.3, -0.25) is 4.98 Å². The largest absolute Gasteiger partial charge is 0.492 e. The van der Waals surface area contributed by atoms with Crippen molar-refractivity contribution in [2.45, 2.75) is 58.1 Å². The summed E-state index contributed by atoms with van der Waals surface area (Å²) in [5.41, 5.74) is 0.302. The third kappa shape index (κ3) is 5.88. The van der Waals surface area contributed by atoms with Crippen molar-refractivity contribution in [3.05, 3.63) is 31.4 Å². The molecule has 0 unspecified atom stereocenters. The average molecular weight is 596 g/mol. The zero-order chi connectivity index (χ0) is 21.2. The number of rotatable bonds is 4. The topological polar surface area (TPSA) is 51.7 Å². The van der Waals surface area contributed by atoms with Crippen molar-refractivity contribution in [1.82, 2.24) is 9.88 Å². The maximum atomic E-state index is 12.6. The number of fused-ring (bicyclic) bond motifs is 1. The number of likely N-dealkylation sites (tertiary alicyclic amines) is 1. The van der Waals surface area contributed by atoms with Gasteiger partial charge in [-0.15, -0.1) is 0 Å². The normalized spacial score (nSPS) is 17.4. The Labute approximate surface area is 198 Å². The molecule has 2 aromatic rings. The Kier molecular flexibility index (Phi) is 7.54. The van der Waals surface area contributed by atoms with E-state index in [1.54, 1.807) is 6.20 Å². The lowest BCUT2D eigenvalue weighted by atomic mass is 10.0. The first-order valence-corrected chi connectivity index (χ1v) is 12.0. The predicted molar refractivity (Wildman–Crippen MR) is 128 cm³/mol. The molecular formula is C21H25BrClIN2O3. The summed E-state index contributed by atoms with van der Waals surface area (Å²) >= 11 is 12.0. The molecule has 1 fully saturated rings. The second-order valence-corrected chi connectivity index (χ2v) is 10.6. The highest BCUT2D eigenvalue weighted by molar-refractivity contribution is 14.1. The molecule has 0 aliphatic carbocycles. The molecule has 2 heterocycles. The van der Waals surface area contributed by atoms with E-state index in [2.05, 4.69) is 43.5 Å². The smallest absolute Gasteiger partial charge is 0.410 e. The van der Waals surface area contributed by atoms with Crippen LogP contribution < -0.4 is 4.74 Å². The van der Waals surface area contributed by atoms with Gasteiger partial charge in [-0.05, 0) is 90.7 Å². The number of carbonyl (C=O) groups excluding carboxylic acids is 1. The van der Waals surface area contributed by atoms with Gasteiger partial charge in [-0.1, -0.05) is 11.6 Å². The van der Waals surface area contributed by atoms with Gasteiger partial charge in [0.05, 0.1) is 21.6 Å². The summed E-state index contributed by atoms with van der Waals surface area (Å²) < 4.78 is 13.5. The molecule has 1 aliphatic rings. The first kappa shape index (κ1) is 22.9. The van der Waals surface area contributed by atoms with E-state index in [9.17, 15) is 4.79 Å². The highest BCUT2D eigenvalue weighted by Gasteiger charge is 2.30. The highest BCUT2D eigenvalue weighted by Crippen LogP contribution is 2.36. The van der Waals surface area contributed by atoms with E-state index >= 15 is 0 Å². The summed E-state index contributed by atoms with van der Waals surface area (Å²) in [4.78, 5) is 18.9. The van der Waals surface area contributed by atoms with Gasteiger partial charge in [0.2, 0.25) is 0 Å². The maximum absolute atomic E-state index is 12.6. The Hall–Kier alpha value is -0.800. The fraction of sp³-hybridized carbons (Fsp3) is 0.524. The number of hydrogen-bond acceptors (Lipinski definition) is 4. The Morgan fingerprint density at radius 1 is 1.38 bits per heavy atom. The van der Waals surface area contributed by atoms with Crippen molar-refractivity contribution >= 4 is 67.1 Å². The van der Waals surface area contributed by atoms with Gasteiger partial charge in [-0.2, -0.15) is 0 Å². The molecule has 0 spiro atoms. The molecule has 158 valence electrons. The van der Waals surface area contributed by atoms with Crippen LogP contribution in [-0.2, 0) is 4.74 Å². The molecule has 0 N–H and O–H groups in total. The van der Waals surface area contributed by atoms with Crippen LogP contribution in [0.1, 0.15) is 46.5 Å². The molecule has 0 radical (unpaired) electrons. The number of amides is 1. The first-order valence-electron chi connectivity index (χ1n) is 9.71. The number of halogens is 3. The van der Waals surface area contributed by atoms with Crippen molar-refractivity contribution < 1.29 is 14.3 Å². The van der Waals surface area contributed by atoms with Gasteiger partial charge in [-0.25, -0.2) is 4.79 Å². The number of ether oxygens (including phenoxy) is 2.